The Morgan fingerprint density at radius 1 is 0.857 bits per heavy atom. The maximum absolute atomic E-state index is 12.5. The molecule has 2 amide bonds. The molecule has 0 radical (unpaired) electrons. The molecule has 2 aliphatic rings. The SMILES string of the molecule is O=C(C1CCCN(C(=O)C(F)(F)F)C1)N1CCCCCC1. The van der Waals surface area contributed by atoms with E-state index in [1.165, 1.54) is 0 Å². The van der Waals surface area contributed by atoms with Crippen LogP contribution in [-0.4, -0.2) is 54.0 Å². The van der Waals surface area contributed by atoms with Gasteiger partial charge in [0, 0.05) is 26.2 Å². The number of halogens is 3. The zero-order valence-electron chi connectivity index (χ0n) is 12.0. The van der Waals surface area contributed by atoms with Gasteiger partial charge in [-0.2, -0.15) is 13.2 Å². The monoisotopic (exact) mass is 306 g/mol. The number of nitrogens with zero attached hydrogens (tertiary/aromatic N) is 2. The van der Waals surface area contributed by atoms with Crippen LogP contribution in [0.15, 0.2) is 0 Å². The Morgan fingerprint density at radius 3 is 2.00 bits per heavy atom. The molecule has 120 valence electrons. The highest BCUT2D eigenvalue weighted by atomic mass is 19.4. The topological polar surface area (TPSA) is 40.6 Å². The summed E-state index contributed by atoms with van der Waals surface area (Å²) < 4.78 is 37.5. The molecular weight excluding hydrogens is 285 g/mol. The summed E-state index contributed by atoms with van der Waals surface area (Å²) in [5.41, 5.74) is 0. The normalized spacial score (nSPS) is 24.6. The fourth-order valence-electron chi connectivity index (χ4n) is 3.09. The minimum absolute atomic E-state index is 0.0854. The second-order valence-electron chi connectivity index (χ2n) is 5.83. The van der Waals surface area contributed by atoms with Gasteiger partial charge in [0.15, 0.2) is 0 Å². The Hall–Kier alpha value is -1.27. The van der Waals surface area contributed by atoms with Crippen molar-refractivity contribution in [2.75, 3.05) is 26.2 Å². The van der Waals surface area contributed by atoms with Gasteiger partial charge < -0.3 is 9.80 Å². The Balaban J connectivity index is 1.96. The quantitative estimate of drug-likeness (QED) is 0.745. The van der Waals surface area contributed by atoms with Gasteiger partial charge in [0.1, 0.15) is 0 Å². The van der Waals surface area contributed by atoms with Gasteiger partial charge in [0.25, 0.3) is 0 Å². The molecule has 0 aromatic carbocycles. The smallest absolute Gasteiger partial charge is 0.342 e. The lowest BCUT2D eigenvalue weighted by Crippen LogP contribution is -2.50. The highest BCUT2D eigenvalue weighted by molar-refractivity contribution is 5.84. The lowest BCUT2D eigenvalue weighted by atomic mass is 9.96. The minimum atomic E-state index is -4.85. The summed E-state index contributed by atoms with van der Waals surface area (Å²) in [7, 11) is 0. The molecule has 0 N–H and O–H groups in total. The molecular formula is C14H21F3N2O2. The first-order chi connectivity index (χ1) is 9.89. The highest BCUT2D eigenvalue weighted by Crippen LogP contribution is 2.25. The van der Waals surface area contributed by atoms with Crippen molar-refractivity contribution in [1.82, 2.24) is 9.80 Å². The maximum atomic E-state index is 12.5. The first kappa shape index (κ1) is 16.1. The summed E-state index contributed by atoms with van der Waals surface area (Å²) in [6.07, 6.45) is 0.240. The number of carbonyl (C=O) groups excluding carboxylic acids is 2. The maximum Gasteiger partial charge on any atom is 0.471 e. The standard InChI is InChI=1S/C14H21F3N2O2/c15-14(16,17)13(21)19-9-5-6-11(10-19)12(20)18-7-3-1-2-4-8-18/h11H,1-10H2. The Bertz CT molecular complexity index is 390. The summed E-state index contributed by atoms with van der Waals surface area (Å²) in [4.78, 5) is 26.3. The molecule has 0 bridgehead atoms. The van der Waals surface area contributed by atoms with Gasteiger partial charge in [0.2, 0.25) is 5.91 Å². The van der Waals surface area contributed by atoms with Crippen LogP contribution >= 0.6 is 0 Å². The molecule has 0 aliphatic carbocycles. The third kappa shape index (κ3) is 4.11. The Labute approximate surface area is 122 Å². The predicted octanol–water partition coefficient (Wildman–Crippen LogP) is 2.19. The van der Waals surface area contributed by atoms with E-state index < -0.39 is 18.0 Å². The third-order valence-corrected chi connectivity index (χ3v) is 4.22. The van der Waals surface area contributed by atoms with Crippen LogP contribution in [0.5, 0.6) is 0 Å². The lowest BCUT2D eigenvalue weighted by Gasteiger charge is -2.35. The number of likely N-dealkylation sites (tertiary alicyclic amines) is 2. The average Bonchev–Trinajstić information content (AvgIpc) is 2.74. The second-order valence-corrected chi connectivity index (χ2v) is 5.83. The van der Waals surface area contributed by atoms with E-state index in [2.05, 4.69) is 0 Å². The second kappa shape index (κ2) is 6.66. The number of alkyl halides is 3. The molecule has 1 atom stereocenters. The van der Waals surface area contributed by atoms with E-state index in [4.69, 9.17) is 0 Å². The molecule has 21 heavy (non-hydrogen) atoms. The van der Waals surface area contributed by atoms with Crippen LogP contribution in [0.3, 0.4) is 0 Å². The van der Waals surface area contributed by atoms with E-state index in [0.717, 1.165) is 30.6 Å². The molecule has 2 aliphatic heterocycles. The molecule has 0 aromatic rings. The van der Waals surface area contributed by atoms with Crippen molar-refractivity contribution in [3.63, 3.8) is 0 Å². The summed E-state index contributed by atoms with van der Waals surface area (Å²) >= 11 is 0. The first-order valence-electron chi connectivity index (χ1n) is 7.54. The number of amides is 2. The first-order valence-corrected chi connectivity index (χ1v) is 7.54. The predicted molar refractivity (Wildman–Crippen MR) is 70.4 cm³/mol. The van der Waals surface area contributed by atoms with Crippen molar-refractivity contribution in [2.24, 2.45) is 5.92 Å². The van der Waals surface area contributed by atoms with Crippen LogP contribution in [0, 0.1) is 5.92 Å². The van der Waals surface area contributed by atoms with Crippen LogP contribution in [0.1, 0.15) is 38.5 Å². The van der Waals surface area contributed by atoms with E-state index in [1.807, 2.05) is 0 Å². The van der Waals surface area contributed by atoms with E-state index in [-0.39, 0.29) is 19.0 Å². The fraction of sp³-hybridized carbons (Fsp3) is 0.857. The lowest BCUT2D eigenvalue weighted by molar-refractivity contribution is -0.187. The van der Waals surface area contributed by atoms with Crippen molar-refractivity contribution in [3.8, 4) is 0 Å². The largest absolute Gasteiger partial charge is 0.471 e. The average molecular weight is 306 g/mol. The van der Waals surface area contributed by atoms with Crippen molar-refractivity contribution in [1.29, 1.82) is 0 Å². The molecule has 0 spiro atoms. The van der Waals surface area contributed by atoms with Crippen molar-refractivity contribution >= 4 is 11.8 Å². The van der Waals surface area contributed by atoms with Gasteiger partial charge in [0.05, 0.1) is 5.92 Å². The van der Waals surface area contributed by atoms with Gasteiger partial charge in [-0.25, -0.2) is 0 Å². The number of piperidine rings is 1. The summed E-state index contributed by atoms with van der Waals surface area (Å²) in [5.74, 6) is -2.39. The van der Waals surface area contributed by atoms with Crippen molar-refractivity contribution in [2.45, 2.75) is 44.7 Å². The van der Waals surface area contributed by atoms with Crippen LogP contribution in [0.2, 0.25) is 0 Å². The zero-order chi connectivity index (χ0) is 15.5. The molecule has 1 unspecified atom stereocenters. The van der Waals surface area contributed by atoms with Gasteiger partial charge in [-0.15, -0.1) is 0 Å². The van der Waals surface area contributed by atoms with E-state index in [1.54, 1.807) is 4.90 Å². The van der Waals surface area contributed by atoms with Crippen LogP contribution < -0.4 is 0 Å². The van der Waals surface area contributed by atoms with Crippen LogP contribution in [0.25, 0.3) is 0 Å². The number of rotatable bonds is 1. The van der Waals surface area contributed by atoms with Gasteiger partial charge in [-0.1, -0.05) is 12.8 Å². The molecule has 4 nitrogen and oxygen atoms in total. The molecule has 0 aromatic heterocycles. The van der Waals surface area contributed by atoms with Crippen LogP contribution in [-0.2, 0) is 9.59 Å². The van der Waals surface area contributed by atoms with Crippen molar-refractivity contribution in [3.05, 3.63) is 0 Å². The Morgan fingerprint density at radius 2 is 1.43 bits per heavy atom. The summed E-state index contributed by atoms with van der Waals surface area (Å²) in [6, 6.07) is 0. The van der Waals surface area contributed by atoms with E-state index >= 15 is 0 Å². The zero-order valence-corrected chi connectivity index (χ0v) is 12.0. The van der Waals surface area contributed by atoms with Gasteiger partial charge >= 0.3 is 12.1 Å². The molecule has 2 rings (SSSR count). The number of carbonyl (C=O) groups is 2. The molecule has 2 saturated heterocycles. The summed E-state index contributed by atoms with van der Waals surface area (Å²) in [5, 5.41) is 0. The third-order valence-electron chi connectivity index (χ3n) is 4.22. The molecule has 2 heterocycles. The van der Waals surface area contributed by atoms with Crippen molar-refractivity contribution < 1.29 is 22.8 Å². The minimum Gasteiger partial charge on any atom is -0.342 e. The van der Waals surface area contributed by atoms with E-state index in [0.29, 0.717) is 25.9 Å². The number of hydrogen-bond acceptors (Lipinski definition) is 2. The van der Waals surface area contributed by atoms with E-state index in [9.17, 15) is 22.8 Å². The summed E-state index contributed by atoms with van der Waals surface area (Å²) in [6.45, 7) is 1.35. The molecule has 7 heteroatoms. The fourth-order valence-corrected chi connectivity index (χ4v) is 3.09. The molecule has 2 fully saturated rings. The Kier molecular flexibility index (Phi) is 5.11. The highest BCUT2D eigenvalue weighted by Gasteiger charge is 2.44. The van der Waals surface area contributed by atoms with Gasteiger partial charge in [-0.3, -0.25) is 9.59 Å². The van der Waals surface area contributed by atoms with Gasteiger partial charge in [-0.05, 0) is 25.7 Å². The number of hydrogen-bond donors (Lipinski definition) is 0. The van der Waals surface area contributed by atoms with Crippen LogP contribution in [0.4, 0.5) is 13.2 Å². The molecule has 0 saturated carbocycles.